The third kappa shape index (κ3) is 1.88. The van der Waals surface area contributed by atoms with E-state index in [1.54, 1.807) is 19.9 Å². The smallest absolute Gasteiger partial charge is 0.291 e. The number of allylic oxidation sites excluding steroid dienone is 1. The second-order valence-electron chi connectivity index (χ2n) is 3.49. The molecule has 86 valence electrons. The molecule has 1 rings (SSSR count). The minimum Gasteiger partial charge on any atom is -0.507 e. The number of phenolic OH excluding ortho intramolecular Hbond substituents is 1. The summed E-state index contributed by atoms with van der Waals surface area (Å²) >= 11 is 5.92. The summed E-state index contributed by atoms with van der Waals surface area (Å²) in [5.41, 5.74) is 1.08. The number of rotatable bonds is 3. The number of aromatic hydroxyl groups is 1. The molecular weight excluding hydrogens is 230 g/mol. The maximum atomic E-state index is 10.9. The van der Waals surface area contributed by atoms with E-state index in [9.17, 15) is 15.2 Å². The maximum absolute atomic E-state index is 10.9. The van der Waals surface area contributed by atoms with Crippen molar-refractivity contribution in [3.8, 4) is 5.75 Å². The van der Waals surface area contributed by atoms with Crippen LogP contribution in [-0.2, 0) is 6.42 Å². The third-order valence-corrected chi connectivity index (χ3v) is 2.97. The summed E-state index contributed by atoms with van der Waals surface area (Å²) < 4.78 is 0. The fourth-order valence-electron chi connectivity index (χ4n) is 1.54. The highest BCUT2D eigenvalue weighted by molar-refractivity contribution is 6.34. The van der Waals surface area contributed by atoms with E-state index in [4.69, 9.17) is 11.6 Å². The van der Waals surface area contributed by atoms with Crippen LogP contribution in [0.5, 0.6) is 5.75 Å². The number of nitro groups is 1. The van der Waals surface area contributed by atoms with Crippen LogP contribution in [0.15, 0.2) is 12.7 Å². The molecule has 0 fully saturated rings. The van der Waals surface area contributed by atoms with Gasteiger partial charge in [0.15, 0.2) is 0 Å². The van der Waals surface area contributed by atoms with Crippen molar-refractivity contribution in [3.05, 3.63) is 44.5 Å². The van der Waals surface area contributed by atoms with E-state index < -0.39 is 4.92 Å². The second-order valence-corrected chi connectivity index (χ2v) is 3.87. The second kappa shape index (κ2) is 4.53. The van der Waals surface area contributed by atoms with Gasteiger partial charge in [-0.2, -0.15) is 0 Å². The van der Waals surface area contributed by atoms with Crippen molar-refractivity contribution in [1.82, 2.24) is 0 Å². The topological polar surface area (TPSA) is 63.4 Å². The van der Waals surface area contributed by atoms with Crippen LogP contribution in [0.4, 0.5) is 5.69 Å². The lowest BCUT2D eigenvalue weighted by molar-refractivity contribution is -0.385. The van der Waals surface area contributed by atoms with Crippen molar-refractivity contribution in [2.45, 2.75) is 20.3 Å². The molecular formula is C11H12ClNO3. The third-order valence-electron chi connectivity index (χ3n) is 2.56. The molecule has 5 heteroatoms. The standard InChI is InChI=1S/C11H12ClNO3/c1-4-5-8-9(12)10(13(15)16)6(2)7(3)11(8)14/h4,14H,1,5H2,2-3H3. The molecule has 1 aromatic carbocycles. The molecule has 0 aliphatic heterocycles. The number of nitro benzene ring substituents is 1. The average Bonchev–Trinajstić information content (AvgIpc) is 2.21. The van der Waals surface area contributed by atoms with Gasteiger partial charge in [-0.3, -0.25) is 10.1 Å². The molecule has 0 unspecified atom stereocenters. The van der Waals surface area contributed by atoms with E-state index in [1.165, 1.54) is 0 Å². The molecule has 1 aromatic rings. The Kier molecular flexibility index (Phi) is 3.55. The van der Waals surface area contributed by atoms with Crippen LogP contribution in [0.3, 0.4) is 0 Å². The largest absolute Gasteiger partial charge is 0.507 e. The normalized spacial score (nSPS) is 10.2. The zero-order valence-electron chi connectivity index (χ0n) is 9.08. The van der Waals surface area contributed by atoms with Gasteiger partial charge in [0.2, 0.25) is 0 Å². The summed E-state index contributed by atoms with van der Waals surface area (Å²) in [6.45, 7) is 6.72. The molecule has 0 spiro atoms. The first-order valence-electron chi connectivity index (χ1n) is 4.67. The van der Waals surface area contributed by atoms with Crippen molar-refractivity contribution in [1.29, 1.82) is 0 Å². The zero-order valence-corrected chi connectivity index (χ0v) is 9.84. The first-order valence-corrected chi connectivity index (χ1v) is 5.05. The number of phenols is 1. The Morgan fingerprint density at radius 2 is 2.06 bits per heavy atom. The van der Waals surface area contributed by atoms with E-state index in [-0.39, 0.29) is 16.5 Å². The molecule has 0 bridgehead atoms. The molecule has 0 amide bonds. The Morgan fingerprint density at radius 3 is 2.50 bits per heavy atom. The van der Waals surface area contributed by atoms with Crippen molar-refractivity contribution >= 4 is 17.3 Å². The van der Waals surface area contributed by atoms with Gasteiger partial charge in [-0.15, -0.1) is 6.58 Å². The molecule has 0 heterocycles. The van der Waals surface area contributed by atoms with Gasteiger partial charge in [-0.1, -0.05) is 17.7 Å². The summed E-state index contributed by atoms with van der Waals surface area (Å²) in [5.74, 6) is 0.00741. The fraction of sp³-hybridized carbons (Fsp3) is 0.273. The van der Waals surface area contributed by atoms with Crippen molar-refractivity contribution in [3.63, 3.8) is 0 Å². The SMILES string of the molecule is C=CCc1c(O)c(C)c(C)c([N+](=O)[O-])c1Cl. The molecule has 16 heavy (non-hydrogen) atoms. The molecule has 0 saturated heterocycles. The molecule has 0 radical (unpaired) electrons. The van der Waals surface area contributed by atoms with Crippen LogP contribution in [-0.4, -0.2) is 10.0 Å². The first kappa shape index (κ1) is 12.5. The Bertz CT molecular complexity index is 469. The highest BCUT2D eigenvalue weighted by Gasteiger charge is 2.25. The van der Waals surface area contributed by atoms with Gasteiger partial charge < -0.3 is 5.11 Å². The van der Waals surface area contributed by atoms with E-state index in [1.807, 2.05) is 0 Å². The molecule has 1 N–H and O–H groups in total. The summed E-state index contributed by atoms with van der Waals surface area (Å²) in [6, 6.07) is 0. The summed E-state index contributed by atoms with van der Waals surface area (Å²) in [7, 11) is 0. The Morgan fingerprint density at radius 1 is 1.50 bits per heavy atom. The minimum atomic E-state index is -0.531. The van der Waals surface area contributed by atoms with E-state index in [0.29, 0.717) is 23.1 Å². The lowest BCUT2D eigenvalue weighted by Crippen LogP contribution is -1.99. The van der Waals surface area contributed by atoms with Crippen LogP contribution in [0, 0.1) is 24.0 Å². The Labute approximate surface area is 98.3 Å². The summed E-state index contributed by atoms with van der Waals surface area (Å²) in [5, 5.41) is 20.7. The van der Waals surface area contributed by atoms with Gasteiger partial charge in [0.25, 0.3) is 5.69 Å². The van der Waals surface area contributed by atoms with Crippen LogP contribution in [0.1, 0.15) is 16.7 Å². The van der Waals surface area contributed by atoms with Crippen LogP contribution >= 0.6 is 11.6 Å². The predicted molar refractivity (Wildman–Crippen MR) is 63.1 cm³/mol. The molecule has 0 saturated carbocycles. The van der Waals surface area contributed by atoms with Crippen LogP contribution in [0.2, 0.25) is 5.02 Å². The lowest BCUT2D eigenvalue weighted by atomic mass is 10.00. The van der Waals surface area contributed by atoms with Crippen molar-refractivity contribution in [2.24, 2.45) is 0 Å². The van der Waals surface area contributed by atoms with Crippen molar-refractivity contribution < 1.29 is 10.0 Å². The van der Waals surface area contributed by atoms with E-state index in [2.05, 4.69) is 6.58 Å². The van der Waals surface area contributed by atoms with Gasteiger partial charge in [0, 0.05) is 16.7 Å². The van der Waals surface area contributed by atoms with Gasteiger partial charge in [-0.25, -0.2) is 0 Å². The van der Waals surface area contributed by atoms with E-state index in [0.717, 1.165) is 0 Å². The molecule has 0 aliphatic carbocycles. The highest BCUT2D eigenvalue weighted by Crippen LogP contribution is 2.40. The van der Waals surface area contributed by atoms with Gasteiger partial charge in [-0.05, 0) is 20.3 Å². The Balaban J connectivity index is 3.65. The lowest BCUT2D eigenvalue weighted by Gasteiger charge is -2.11. The molecule has 0 atom stereocenters. The highest BCUT2D eigenvalue weighted by atomic mass is 35.5. The number of benzene rings is 1. The van der Waals surface area contributed by atoms with Gasteiger partial charge >= 0.3 is 0 Å². The Hall–Kier alpha value is -1.55. The summed E-state index contributed by atoms with van der Waals surface area (Å²) in [4.78, 5) is 10.3. The number of halogens is 1. The number of hydrogen-bond donors (Lipinski definition) is 1. The quantitative estimate of drug-likeness (QED) is 0.502. The molecule has 4 nitrogen and oxygen atoms in total. The molecule has 0 aliphatic rings. The number of hydrogen-bond acceptors (Lipinski definition) is 3. The molecule has 0 aromatic heterocycles. The average molecular weight is 242 g/mol. The predicted octanol–water partition coefficient (Wildman–Crippen LogP) is 3.30. The number of nitrogens with zero attached hydrogens (tertiary/aromatic N) is 1. The summed E-state index contributed by atoms with van der Waals surface area (Å²) in [6.07, 6.45) is 1.84. The fourth-order valence-corrected chi connectivity index (χ4v) is 1.92. The van der Waals surface area contributed by atoms with Crippen LogP contribution in [0.25, 0.3) is 0 Å². The van der Waals surface area contributed by atoms with Crippen molar-refractivity contribution in [2.75, 3.05) is 0 Å². The van der Waals surface area contributed by atoms with Gasteiger partial charge in [0.1, 0.15) is 10.8 Å². The monoisotopic (exact) mass is 241 g/mol. The van der Waals surface area contributed by atoms with E-state index >= 15 is 0 Å². The zero-order chi connectivity index (χ0) is 12.5. The maximum Gasteiger partial charge on any atom is 0.291 e. The minimum absolute atomic E-state index is 0.00741. The van der Waals surface area contributed by atoms with Gasteiger partial charge in [0.05, 0.1) is 4.92 Å². The first-order chi connectivity index (χ1) is 7.41. The van der Waals surface area contributed by atoms with Crippen LogP contribution < -0.4 is 0 Å².